The summed E-state index contributed by atoms with van der Waals surface area (Å²) < 4.78 is 5.46. The molecule has 0 bridgehead atoms. The summed E-state index contributed by atoms with van der Waals surface area (Å²) in [4.78, 5) is 5.14. The number of hydrogen-bond acceptors (Lipinski definition) is 6. The molecule has 1 fully saturated rings. The average molecular weight is 222 g/mol. The van der Waals surface area contributed by atoms with Crippen molar-refractivity contribution < 1.29 is 4.42 Å². The molecule has 6 heteroatoms. The van der Waals surface area contributed by atoms with Crippen LogP contribution in [0, 0.1) is 0 Å². The van der Waals surface area contributed by atoms with Crippen molar-refractivity contribution in [3.8, 4) is 0 Å². The van der Waals surface area contributed by atoms with Gasteiger partial charge in [0.25, 0.3) is 0 Å². The van der Waals surface area contributed by atoms with Crippen LogP contribution >= 0.6 is 11.3 Å². The highest BCUT2D eigenvalue weighted by Gasteiger charge is 2.29. The summed E-state index contributed by atoms with van der Waals surface area (Å²) >= 11 is 1.60. The van der Waals surface area contributed by atoms with Crippen molar-refractivity contribution in [3.63, 3.8) is 0 Å². The molecule has 0 aliphatic heterocycles. The van der Waals surface area contributed by atoms with Crippen molar-refractivity contribution in [2.45, 2.75) is 25.3 Å². The Morgan fingerprint density at radius 3 is 3.13 bits per heavy atom. The first-order valence-corrected chi connectivity index (χ1v) is 5.74. The number of anilines is 1. The summed E-state index contributed by atoms with van der Waals surface area (Å²) in [5.74, 6) is 1.28. The summed E-state index contributed by atoms with van der Waals surface area (Å²) in [5.41, 5.74) is 1.81. The van der Waals surface area contributed by atoms with Gasteiger partial charge in [0.2, 0.25) is 5.89 Å². The maximum atomic E-state index is 5.46. The van der Waals surface area contributed by atoms with Gasteiger partial charge in [0.1, 0.15) is 0 Å². The molecular formula is C9H10N4OS. The molecule has 2 aromatic rings. The first-order valence-electron chi connectivity index (χ1n) is 4.86. The van der Waals surface area contributed by atoms with Gasteiger partial charge >= 0.3 is 6.01 Å². The van der Waals surface area contributed by atoms with E-state index >= 15 is 0 Å². The van der Waals surface area contributed by atoms with Crippen LogP contribution in [-0.2, 0) is 6.54 Å². The van der Waals surface area contributed by atoms with Crippen LogP contribution in [0.2, 0.25) is 0 Å². The van der Waals surface area contributed by atoms with Crippen LogP contribution in [0.25, 0.3) is 0 Å². The molecule has 0 unspecified atom stereocenters. The zero-order chi connectivity index (χ0) is 10.1. The van der Waals surface area contributed by atoms with E-state index in [1.807, 2.05) is 6.20 Å². The molecule has 0 atom stereocenters. The predicted molar refractivity (Wildman–Crippen MR) is 55.7 cm³/mol. The van der Waals surface area contributed by atoms with Crippen LogP contribution in [0.3, 0.4) is 0 Å². The van der Waals surface area contributed by atoms with Gasteiger partial charge in [0, 0.05) is 17.0 Å². The largest absolute Gasteiger partial charge is 0.408 e. The van der Waals surface area contributed by atoms with E-state index in [9.17, 15) is 0 Å². The van der Waals surface area contributed by atoms with E-state index in [1.165, 1.54) is 12.8 Å². The topological polar surface area (TPSA) is 63.8 Å². The normalized spacial score (nSPS) is 15.5. The Morgan fingerprint density at radius 2 is 2.40 bits per heavy atom. The van der Waals surface area contributed by atoms with Gasteiger partial charge in [-0.1, -0.05) is 5.10 Å². The molecule has 5 nitrogen and oxygen atoms in total. The number of hydrogen-bond donors (Lipinski definition) is 1. The minimum Gasteiger partial charge on any atom is -0.408 e. The fourth-order valence-electron chi connectivity index (χ4n) is 1.29. The third-order valence-electron chi connectivity index (χ3n) is 2.26. The van der Waals surface area contributed by atoms with Crippen molar-refractivity contribution in [1.29, 1.82) is 0 Å². The van der Waals surface area contributed by atoms with E-state index in [0.29, 0.717) is 18.5 Å². The van der Waals surface area contributed by atoms with Gasteiger partial charge in [0.05, 0.1) is 12.1 Å². The van der Waals surface area contributed by atoms with E-state index < -0.39 is 0 Å². The Kier molecular flexibility index (Phi) is 2.13. The van der Waals surface area contributed by atoms with E-state index in [0.717, 1.165) is 10.8 Å². The predicted octanol–water partition coefficient (Wildman–Crippen LogP) is 2.02. The third-order valence-corrected chi connectivity index (χ3v) is 3.04. The smallest absolute Gasteiger partial charge is 0.315 e. The minimum atomic E-state index is 0.505. The Hall–Kier alpha value is -1.43. The monoisotopic (exact) mass is 222 g/mol. The van der Waals surface area contributed by atoms with Gasteiger partial charge in [-0.3, -0.25) is 4.98 Å². The average Bonchev–Trinajstić information content (AvgIpc) is 2.82. The maximum Gasteiger partial charge on any atom is 0.315 e. The van der Waals surface area contributed by atoms with E-state index in [1.54, 1.807) is 16.8 Å². The van der Waals surface area contributed by atoms with Crippen molar-refractivity contribution in [1.82, 2.24) is 15.2 Å². The lowest BCUT2D eigenvalue weighted by atomic mass is 10.4. The molecule has 1 aliphatic carbocycles. The molecular weight excluding hydrogens is 212 g/mol. The Bertz CT molecular complexity index is 435. The molecule has 0 spiro atoms. The van der Waals surface area contributed by atoms with Crippen LogP contribution in [0.5, 0.6) is 0 Å². The first-order chi connectivity index (χ1) is 7.42. The Morgan fingerprint density at radius 1 is 1.47 bits per heavy atom. The maximum absolute atomic E-state index is 5.46. The van der Waals surface area contributed by atoms with E-state index in [2.05, 4.69) is 20.5 Å². The molecule has 1 N–H and O–H groups in total. The van der Waals surface area contributed by atoms with Crippen molar-refractivity contribution in [2.24, 2.45) is 0 Å². The molecule has 78 valence electrons. The van der Waals surface area contributed by atoms with E-state index in [-0.39, 0.29) is 0 Å². The second kappa shape index (κ2) is 3.62. The zero-order valence-corrected chi connectivity index (χ0v) is 8.83. The Labute approximate surface area is 90.6 Å². The molecule has 0 amide bonds. The van der Waals surface area contributed by atoms with Gasteiger partial charge in [-0.05, 0) is 12.8 Å². The van der Waals surface area contributed by atoms with Gasteiger partial charge in [-0.25, -0.2) is 0 Å². The van der Waals surface area contributed by atoms with Crippen molar-refractivity contribution >= 4 is 17.4 Å². The SMILES string of the molecule is c1ncc(CNc2nnc(C3CC3)o2)s1. The first kappa shape index (κ1) is 8.84. The summed E-state index contributed by atoms with van der Waals surface area (Å²) in [7, 11) is 0. The summed E-state index contributed by atoms with van der Waals surface area (Å²) in [5, 5.41) is 11.0. The summed E-state index contributed by atoms with van der Waals surface area (Å²) in [6, 6.07) is 0.505. The molecule has 0 saturated heterocycles. The van der Waals surface area contributed by atoms with Crippen LogP contribution in [0.15, 0.2) is 16.1 Å². The molecule has 2 aromatic heterocycles. The number of nitrogens with one attached hydrogen (secondary N) is 1. The third kappa shape index (κ3) is 1.99. The second-order valence-electron chi connectivity index (χ2n) is 3.54. The molecule has 1 aliphatic rings. The molecule has 2 heterocycles. The summed E-state index contributed by atoms with van der Waals surface area (Å²) in [6.45, 7) is 0.691. The van der Waals surface area contributed by atoms with Crippen LogP contribution in [0.4, 0.5) is 6.01 Å². The highest BCUT2D eigenvalue weighted by atomic mass is 32.1. The lowest BCUT2D eigenvalue weighted by molar-refractivity contribution is 0.507. The quantitative estimate of drug-likeness (QED) is 0.857. The van der Waals surface area contributed by atoms with Crippen molar-refractivity contribution in [3.05, 3.63) is 22.5 Å². The van der Waals surface area contributed by atoms with Crippen LogP contribution in [-0.4, -0.2) is 15.2 Å². The Balaban J connectivity index is 1.61. The molecule has 0 aromatic carbocycles. The number of thiazole rings is 1. The number of nitrogens with zero attached hydrogens (tertiary/aromatic N) is 3. The van der Waals surface area contributed by atoms with Gasteiger partial charge in [0.15, 0.2) is 0 Å². The summed E-state index contributed by atoms with van der Waals surface area (Å²) in [6.07, 6.45) is 4.18. The highest BCUT2D eigenvalue weighted by molar-refractivity contribution is 7.09. The van der Waals surface area contributed by atoms with Gasteiger partial charge in [-0.15, -0.1) is 16.4 Å². The minimum absolute atomic E-state index is 0.505. The standard InChI is InChI=1S/C9H10N4OS/c1-2-6(1)8-12-13-9(14-8)11-4-7-3-10-5-15-7/h3,5-6H,1-2,4H2,(H,11,13). The van der Waals surface area contributed by atoms with Gasteiger partial charge in [-0.2, -0.15) is 0 Å². The molecule has 3 rings (SSSR count). The lowest BCUT2D eigenvalue weighted by Crippen LogP contribution is -1.97. The van der Waals surface area contributed by atoms with Crippen molar-refractivity contribution in [2.75, 3.05) is 5.32 Å². The van der Waals surface area contributed by atoms with Crippen LogP contribution in [0.1, 0.15) is 29.5 Å². The number of aromatic nitrogens is 3. The molecule has 1 saturated carbocycles. The fourth-order valence-corrected chi connectivity index (χ4v) is 1.83. The molecule has 0 radical (unpaired) electrons. The van der Waals surface area contributed by atoms with E-state index in [4.69, 9.17) is 4.42 Å². The fraction of sp³-hybridized carbons (Fsp3) is 0.444. The van der Waals surface area contributed by atoms with Crippen LogP contribution < -0.4 is 5.32 Å². The lowest BCUT2D eigenvalue weighted by Gasteiger charge is -1.95. The zero-order valence-electron chi connectivity index (χ0n) is 8.01. The second-order valence-corrected chi connectivity index (χ2v) is 4.51. The molecule has 15 heavy (non-hydrogen) atoms. The number of rotatable bonds is 4. The van der Waals surface area contributed by atoms with Gasteiger partial charge < -0.3 is 9.73 Å². The highest BCUT2D eigenvalue weighted by Crippen LogP contribution is 2.39.